The Morgan fingerprint density at radius 1 is 1.11 bits per heavy atom. The largest absolute Gasteiger partial charge is 0.388 e. The number of aryl methyl sites for hydroxylation is 4. The molecule has 11 nitrogen and oxygen atoms in total. The van der Waals surface area contributed by atoms with E-state index in [2.05, 4.69) is 20.8 Å². The number of nitrogens with one attached hydrogen (secondary N) is 1. The maximum Gasteiger partial charge on any atom is 0.368 e. The number of aromatic amines is 1. The number of imidazole rings is 2. The van der Waals surface area contributed by atoms with Crippen LogP contribution >= 0.6 is 0 Å². The zero-order valence-corrected chi connectivity index (χ0v) is 20.3. The maximum absolute atomic E-state index is 13.0. The Morgan fingerprint density at radius 2 is 1.94 bits per heavy atom. The zero-order chi connectivity index (χ0) is 24.8. The first kappa shape index (κ1) is 22.2. The lowest BCUT2D eigenvalue weighted by atomic mass is 10.2. The third kappa shape index (κ3) is 3.86. The van der Waals surface area contributed by atoms with Crippen molar-refractivity contribution in [1.29, 1.82) is 0 Å². The third-order valence-corrected chi connectivity index (χ3v) is 6.69. The normalized spacial score (nSPS) is 13.4. The number of benzene rings is 1. The topological polar surface area (TPSA) is 120 Å². The molecule has 5 heterocycles. The van der Waals surface area contributed by atoms with E-state index in [9.17, 15) is 9.59 Å². The summed E-state index contributed by atoms with van der Waals surface area (Å²) in [5.74, 6) is 2.37. The molecule has 0 bridgehead atoms. The molecule has 0 amide bonds. The van der Waals surface area contributed by atoms with E-state index in [-0.39, 0.29) is 0 Å². The summed E-state index contributed by atoms with van der Waals surface area (Å²) in [7, 11) is 0. The van der Waals surface area contributed by atoms with Crippen LogP contribution in [0.1, 0.15) is 48.6 Å². The fraction of sp³-hybridized carbons (Fsp3) is 0.360. The van der Waals surface area contributed by atoms with E-state index in [0.29, 0.717) is 42.4 Å². The SMILES string of the molecule is CCn1c(=O)[nH]c(=O)c2c1nc(Cc1cn3c(n1)CCCC3)n2Cc1ccc(-[n+]2coc(C)n2)cc1. The minimum atomic E-state index is -0.451. The second-order valence-corrected chi connectivity index (χ2v) is 9.12. The van der Waals surface area contributed by atoms with Crippen molar-refractivity contribution in [3.63, 3.8) is 0 Å². The van der Waals surface area contributed by atoms with Crippen molar-refractivity contribution in [3.05, 3.63) is 86.5 Å². The average Bonchev–Trinajstić information content (AvgIpc) is 3.57. The van der Waals surface area contributed by atoms with Gasteiger partial charge < -0.3 is 13.6 Å². The van der Waals surface area contributed by atoms with Gasteiger partial charge in [0.25, 0.3) is 11.4 Å². The molecule has 184 valence electrons. The van der Waals surface area contributed by atoms with Gasteiger partial charge in [-0.2, -0.15) is 0 Å². The molecule has 0 atom stereocenters. The molecule has 0 saturated carbocycles. The zero-order valence-electron chi connectivity index (χ0n) is 20.3. The van der Waals surface area contributed by atoms with E-state index in [1.165, 1.54) is 4.57 Å². The molecule has 5 aromatic rings. The number of fused-ring (bicyclic) bond motifs is 2. The lowest BCUT2D eigenvalue weighted by Gasteiger charge is -2.11. The van der Waals surface area contributed by atoms with Crippen molar-refractivity contribution >= 4 is 11.2 Å². The standard InChI is InChI=1S/C25H26N8O3/c1-3-31-23-22(24(34)28-25(31)35)32(13-17-7-9-19(10-8-17)33-15-36-16(2)29-33)21(27-23)12-18-14-30-11-5-4-6-20(30)26-18/h7-10,14-15H,3-6,11-13H2,1-2H3/p+1. The van der Waals surface area contributed by atoms with Crippen molar-refractivity contribution in [2.24, 2.45) is 0 Å². The second kappa shape index (κ2) is 8.74. The number of aromatic nitrogens is 8. The highest BCUT2D eigenvalue weighted by atomic mass is 16.4. The minimum absolute atomic E-state index is 0.390. The van der Waals surface area contributed by atoms with Crippen LogP contribution in [0.4, 0.5) is 0 Å². The molecule has 11 heteroatoms. The molecule has 1 aliphatic rings. The number of nitrogens with zero attached hydrogens (tertiary/aromatic N) is 7. The summed E-state index contributed by atoms with van der Waals surface area (Å²) in [5.41, 5.74) is 2.67. The molecule has 0 spiro atoms. The van der Waals surface area contributed by atoms with Gasteiger partial charge in [-0.05, 0) is 30.0 Å². The number of hydrogen-bond acceptors (Lipinski definition) is 6. The predicted octanol–water partition coefficient (Wildman–Crippen LogP) is 1.65. The molecule has 4 aromatic heterocycles. The van der Waals surface area contributed by atoms with Crippen molar-refractivity contribution in [3.8, 4) is 5.69 Å². The fourth-order valence-electron chi connectivity index (χ4n) is 4.92. The Bertz CT molecular complexity index is 1660. The maximum atomic E-state index is 13.0. The van der Waals surface area contributed by atoms with Crippen LogP contribution in [0.2, 0.25) is 0 Å². The predicted molar refractivity (Wildman–Crippen MR) is 130 cm³/mol. The monoisotopic (exact) mass is 487 g/mol. The van der Waals surface area contributed by atoms with Gasteiger partial charge in [0.15, 0.2) is 11.2 Å². The summed E-state index contributed by atoms with van der Waals surface area (Å²) in [6.07, 6.45) is 7.39. The van der Waals surface area contributed by atoms with Crippen LogP contribution in [0, 0.1) is 6.92 Å². The summed E-state index contributed by atoms with van der Waals surface area (Å²) in [6.45, 7) is 5.46. The molecule has 36 heavy (non-hydrogen) atoms. The van der Waals surface area contributed by atoms with Crippen molar-refractivity contribution in [2.75, 3.05) is 0 Å². The first-order chi connectivity index (χ1) is 17.5. The number of hydrogen-bond donors (Lipinski definition) is 1. The van der Waals surface area contributed by atoms with Gasteiger partial charge >= 0.3 is 12.1 Å². The molecular formula is C25H27N8O3+. The average molecular weight is 488 g/mol. The van der Waals surface area contributed by atoms with Gasteiger partial charge in [0, 0.05) is 62.8 Å². The first-order valence-electron chi connectivity index (χ1n) is 12.2. The smallest absolute Gasteiger partial charge is 0.368 e. The number of rotatable bonds is 6. The Morgan fingerprint density at radius 3 is 2.67 bits per heavy atom. The van der Waals surface area contributed by atoms with Gasteiger partial charge in [-0.15, -0.1) is 0 Å². The molecule has 1 aromatic carbocycles. The van der Waals surface area contributed by atoms with E-state index in [1.54, 1.807) is 18.0 Å². The molecular weight excluding hydrogens is 460 g/mol. The Kier molecular flexibility index (Phi) is 5.39. The second-order valence-electron chi connectivity index (χ2n) is 9.12. The Hall–Kier alpha value is -4.28. The Balaban J connectivity index is 1.42. The van der Waals surface area contributed by atoms with E-state index < -0.39 is 11.2 Å². The van der Waals surface area contributed by atoms with Crippen LogP contribution in [0.5, 0.6) is 0 Å². The molecule has 1 aliphatic heterocycles. The summed E-state index contributed by atoms with van der Waals surface area (Å²) >= 11 is 0. The highest BCUT2D eigenvalue weighted by molar-refractivity contribution is 5.71. The molecule has 0 unspecified atom stereocenters. The molecule has 0 fully saturated rings. The van der Waals surface area contributed by atoms with E-state index in [0.717, 1.165) is 48.6 Å². The van der Waals surface area contributed by atoms with Crippen LogP contribution in [-0.4, -0.2) is 33.8 Å². The van der Waals surface area contributed by atoms with Crippen LogP contribution in [0.25, 0.3) is 16.9 Å². The van der Waals surface area contributed by atoms with Crippen LogP contribution in [-0.2, 0) is 32.5 Å². The van der Waals surface area contributed by atoms with E-state index in [4.69, 9.17) is 14.4 Å². The van der Waals surface area contributed by atoms with Gasteiger partial charge in [-0.25, -0.2) is 14.8 Å². The van der Waals surface area contributed by atoms with Crippen LogP contribution in [0.15, 0.2) is 50.9 Å². The summed E-state index contributed by atoms with van der Waals surface area (Å²) in [6, 6.07) is 7.88. The van der Waals surface area contributed by atoms with Crippen molar-refractivity contribution < 1.29 is 9.10 Å². The van der Waals surface area contributed by atoms with Crippen LogP contribution in [0.3, 0.4) is 0 Å². The van der Waals surface area contributed by atoms with Crippen LogP contribution < -0.4 is 15.9 Å². The highest BCUT2D eigenvalue weighted by Crippen LogP contribution is 2.20. The lowest BCUT2D eigenvalue weighted by molar-refractivity contribution is -0.660. The third-order valence-electron chi connectivity index (χ3n) is 6.69. The highest BCUT2D eigenvalue weighted by Gasteiger charge is 2.21. The fourth-order valence-corrected chi connectivity index (χ4v) is 4.92. The molecule has 6 rings (SSSR count). The Labute approximate surface area is 205 Å². The van der Waals surface area contributed by atoms with Gasteiger partial charge in [0.2, 0.25) is 5.69 Å². The summed E-state index contributed by atoms with van der Waals surface area (Å²) in [5, 5.41) is 4.30. The molecule has 1 N–H and O–H groups in total. The lowest BCUT2D eigenvalue weighted by Crippen LogP contribution is -2.31. The molecule has 0 aliphatic carbocycles. The van der Waals surface area contributed by atoms with Gasteiger partial charge in [-0.3, -0.25) is 14.3 Å². The quantitative estimate of drug-likeness (QED) is 0.364. The van der Waals surface area contributed by atoms with Gasteiger partial charge in [-0.1, -0.05) is 12.1 Å². The van der Waals surface area contributed by atoms with E-state index in [1.807, 2.05) is 35.8 Å². The first-order valence-corrected chi connectivity index (χ1v) is 12.2. The van der Waals surface area contributed by atoms with E-state index >= 15 is 0 Å². The molecule has 0 saturated heterocycles. The van der Waals surface area contributed by atoms with Crippen molar-refractivity contribution in [1.82, 2.24) is 33.8 Å². The van der Waals surface area contributed by atoms with Crippen molar-refractivity contribution in [2.45, 2.75) is 59.2 Å². The number of H-pyrrole nitrogens is 1. The minimum Gasteiger partial charge on any atom is -0.388 e. The van der Waals surface area contributed by atoms with Gasteiger partial charge in [0.1, 0.15) is 11.6 Å². The summed E-state index contributed by atoms with van der Waals surface area (Å²) < 4.78 is 12.6. The van der Waals surface area contributed by atoms with Gasteiger partial charge in [0.05, 0.1) is 5.69 Å². The summed E-state index contributed by atoms with van der Waals surface area (Å²) in [4.78, 5) is 37.5. The molecule has 0 radical (unpaired) electrons.